The summed E-state index contributed by atoms with van der Waals surface area (Å²) in [5.74, 6) is 0.309. The van der Waals surface area contributed by atoms with E-state index in [2.05, 4.69) is 43.7 Å². The zero-order chi connectivity index (χ0) is 14.7. The van der Waals surface area contributed by atoms with Gasteiger partial charge in [-0.25, -0.2) is 4.98 Å². The van der Waals surface area contributed by atoms with Crippen LogP contribution in [-0.2, 0) is 6.54 Å². The maximum Gasteiger partial charge on any atom is 0.123 e. The maximum absolute atomic E-state index is 9.75. The first kappa shape index (κ1) is 17.8. The Labute approximate surface area is 148 Å². The Morgan fingerprint density at radius 1 is 1.32 bits per heavy atom. The minimum absolute atomic E-state index is 0. The van der Waals surface area contributed by atoms with Gasteiger partial charge in [-0.3, -0.25) is 0 Å². The normalized spacial score (nSPS) is 20.8. The number of aliphatic hydroxyl groups is 1. The average Bonchev–Trinajstić information content (AvgIpc) is 3.10. The number of β-amino-alcohol motifs (C(OH)–C–C–N with tert-alkyl or cyclic N) is 1. The highest BCUT2D eigenvalue weighted by Gasteiger charge is 2.24. The van der Waals surface area contributed by atoms with E-state index in [4.69, 9.17) is 0 Å². The smallest absolute Gasteiger partial charge is 0.123 e. The molecule has 0 bridgehead atoms. The molecule has 120 valence electrons. The largest absolute Gasteiger partial charge is 0.391 e. The molecular formula is C15H19BrClN3OS. The number of aromatic nitrogens is 1. The molecule has 1 fully saturated rings. The van der Waals surface area contributed by atoms with E-state index < -0.39 is 0 Å². The first-order valence-corrected chi connectivity index (χ1v) is 8.63. The second kappa shape index (κ2) is 8.38. The molecule has 4 nitrogen and oxygen atoms in total. The number of benzene rings is 1. The van der Waals surface area contributed by atoms with E-state index in [9.17, 15) is 5.11 Å². The van der Waals surface area contributed by atoms with E-state index in [1.165, 1.54) is 4.88 Å². The Bertz CT molecular complexity index is 593. The highest BCUT2D eigenvalue weighted by atomic mass is 79.9. The summed E-state index contributed by atoms with van der Waals surface area (Å²) < 4.78 is 1.08. The van der Waals surface area contributed by atoms with Crippen LogP contribution < -0.4 is 10.6 Å². The standard InChI is InChI=1S/C15H18BrN3OS.ClH/c16-12-3-1-10(2-4-12)15-19-8-13(21-15)7-17-5-11-6-18-9-14(11)20;/h1-4,8,11,14,17-18,20H,5-7,9H2;1H. The third-order valence-electron chi connectivity index (χ3n) is 3.65. The van der Waals surface area contributed by atoms with Gasteiger partial charge in [0.2, 0.25) is 0 Å². The Morgan fingerprint density at radius 3 is 2.77 bits per heavy atom. The van der Waals surface area contributed by atoms with Gasteiger partial charge in [0.25, 0.3) is 0 Å². The summed E-state index contributed by atoms with van der Waals surface area (Å²) in [5, 5.41) is 17.4. The van der Waals surface area contributed by atoms with Crippen LogP contribution in [0.2, 0.25) is 0 Å². The van der Waals surface area contributed by atoms with Crippen LogP contribution in [0, 0.1) is 5.92 Å². The average molecular weight is 405 g/mol. The van der Waals surface area contributed by atoms with E-state index >= 15 is 0 Å². The molecule has 0 amide bonds. The first-order chi connectivity index (χ1) is 10.2. The van der Waals surface area contributed by atoms with E-state index in [1.807, 2.05) is 18.3 Å². The summed E-state index contributed by atoms with van der Waals surface area (Å²) in [5.41, 5.74) is 1.14. The first-order valence-electron chi connectivity index (χ1n) is 7.02. The maximum atomic E-state index is 9.75. The van der Waals surface area contributed by atoms with E-state index in [0.717, 1.165) is 34.7 Å². The molecule has 1 aromatic heterocycles. The van der Waals surface area contributed by atoms with Crippen LogP contribution in [0.3, 0.4) is 0 Å². The lowest BCUT2D eigenvalue weighted by atomic mass is 10.1. The highest BCUT2D eigenvalue weighted by Crippen LogP contribution is 2.26. The molecule has 0 spiro atoms. The van der Waals surface area contributed by atoms with Gasteiger partial charge in [0.1, 0.15) is 5.01 Å². The van der Waals surface area contributed by atoms with E-state index in [-0.39, 0.29) is 18.5 Å². The predicted molar refractivity (Wildman–Crippen MR) is 96.6 cm³/mol. The molecule has 1 aliphatic rings. The molecular weight excluding hydrogens is 386 g/mol. The van der Waals surface area contributed by atoms with Crippen molar-refractivity contribution in [3.05, 3.63) is 39.8 Å². The van der Waals surface area contributed by atoms with Gasteiger partial charge in [-0.05, 0) is 12.1 Å². The minimum atomic E-state index is -0.225. The monoisotopic (exact) mass is 403 g/mol. The van der Waals surface area contributed by atoms with Crippen molar-refractivity contribution in [1.82, 2.24) is 15.6 Å². The van der Waals surface area contributed by atoms with Gasteiger partial charge in [-0.15, -0.1) is 23.7 Å². The molecule has 0 radical (unpaired) electrons. The quantitative estimate of drug-likeness (QED) is 0.717. The fraction of sp³-hybridized carbons (Fsp3) is 0.400. The van der Waals surface area contributed by atoms with Crippen molar-refractivity contribution < 1.29 is 5.11 Å². The van der Waals surface area contributed by atoms with E-state index in [0.29, 0.717) is 12.5 Å². The van der Waals surface area contributed by atoms with Crippen molar-refractivity contribution in [1.29, 1.82) is 0 Å². The van der Waals surface area contributed by atoms with Gasteiger partial charge in [0.15, 0.2) is 0 Å². The number of hydrogen-bond donors (Lipinski definition) is 3. The number of aliphatic hydroxyl groups excluding tert-OH is 1. The summed E-state index contributed by atoms with van der Waals surface area (Å²) in [7, 11) is 0. The summed E-state index contributed by atoms with van der Waals surface area (Å²) in [6.45, 7) is 3.23. The Balaban J connectivity index is 0.00000176. The number of nitrogens with zero attached hydrogens (tertiary/aromatic N) is 1. The summed E-state index contributed by atoms with van der Waals surface area (Å²) >= 11 is 5.15. The van der Waals surface area contributed by atoms with Crippen molar-refractivity contribution in [2.75, 3.05) is 19.6 Å². The Kier molecular flexibility index (Phi) is 6.80. The lowest BCUT2D eigenvalue weighted by Crippen LogP contribution is -2.29. The zero-order valence-corrected chi connectivity index (χ0v) is 15.2. The number of rotatable bonds is 5. The van der Waals surface area contributed by atoms with Gasteiger partial charge in [0, 0.05) is 53.2 Å². The summed E-state index contributed by atoms with van der Waals surface area (Å²) in [6, 6.07) is 8.20. The third-order valence-corrected chi connectivity index (χ3v) is 5.23. The third kappa shape index (κ3) is 4.50. The predicted octanol–water partition coefficient (Wildman–Crippen LogP) is 2.66. The molecule has 0 aliphatic carbocycles. The summed E-state index contributed by atoms with van der Waals surface area (Å²) in [6.07, 6.45) is 1.70. The van der Waals surface area contributed by atoms with Crippen LogP contribution in [0.15, 0.2) is 34.9 Å². The van der Waals surface area contributed by atoms with Crippen LogP contribution in [0.25, 0.3) is 10.6 Å². The van der Waals surface area contributed by atoms with Gasteiger partial charge in [0.05, 0.1) is 6.10 Å². The van der Waals surface area contributed by atoms with Crippen LogP contribution in [0.5, 0.6) is 0 Å². The zero-order valence-electron chi connectivity index (χ0n) is 12.0. The molecule has 22 heavy (non-hydrogen) atoms. The molecule has 1 aromatic carbocycles. The van der Waals surface area contributed by atoms with Gasteiger partial charge in [-0.2, -0.15) is 0 Å². The lowest BCUT2D eigenvalue weighted by molar-refractivity contribution is 0.146. The van der Waals surface area contributed by atoms with Crippen LogP contribution in [-0.4, -0.2) is 35.8 Å². The Morgan fingerprint density at radius 2 is 2.09 bits per heavy atom. The molecule has 2 heterocycles. The van der Waals surface area contributed by atoms with Gasteiger partial charge >= 0.3 is 0 Å². The van der Waals surface area contributed by atoms with Gasteiger partial charge < -0.3 is 15.7 Å². The molecule has 3 N–H and O–H groups in total. The fourth-order valence-corrected chi connectivity index (χ4v) is 3.58. The molecule has 1 aliphatic heterocycles. The second-order valence-corrected chi connectivity index (χ2v) is 7.29. The van der Waals surface area contributed by atoms with Crippen molar-refractivity contribution in [3.8, 4) is 10.6 Å². The van der Waals surface area contributed by atoms with Crippen molar-refractivity contribution in [3.63, 3.8) is 0 Å². The molecule has 1 saturated heterocycles. The molecule has 2 unspecified atom stereocenters. The molecule has 2 aromatic rings. The number of nitrogens with one attached hydrogen (secondary N) is 2. The number of hydrogen-bond acceptors (Lipinski definition) is 5. The fourth-order valence-electron chi connectivity index (χ4n) is 2.42. The minimum Gasteiger partial charge on any atom is -0.391 e. The lowest BCUT2D eigenvalue weighted by Gasteiger charge is -2.13. The Hall–Kier alpha value is -0.500. The van der Waals surface area contributed by atoms with Crippen molar-refractivity contribution in [2.45, 2.75) is 12.6 Å². The summed E-state index contributed by atoms with van der Waals surface area (Å²) in [4.78, 5) is 5.70. The van der Waals surface area contributed by atoms with E-state index in [1.54, 1.807) is 11.3 Å². The van der Waals surface area contributed by atoms with Crippen LogP contribution in [0.1, 0.15) is 4.88 Å². The molecule has 0 saturated carbocycles. The molecule has 2 atom stereocenters. The second-order valence-electron chi connectivity index (χ2n) is 5.26. The SMILES string of the molecule is Cl.OC1CNCC1CNCc1cnc(-c2ccc(Br)cc2)s1. The number of halogens is 2. The van der Waals surface area contributed by atoms with Crippen molar-refractivity contribution in [2.24, 2.45) is 5.92 Å². The highest BCUT2D eigenvalue weighted by molar-refractivity contribution is 9.10. The van der Waals surface area contributed by atoms with Crippen LogP contribution in [0.4, 0.5) is 0 Å². The molecule has 3 rings (SSSR count). The topological polar surface area (TPSA) is 57.2 Å². The van der Waals surface area contributed by atoms with Crippen molar-refractivity contribution >= 4 is 39.7 Å². The molecule has 7 heteroatoms. The van der Waals surface area contributed by atoms with Crippen LogP contribution >= 0.6 is 39.7 Å². The van der Waals surface area contributed by atoms with Gasteiger partial charge in [-0.1, -0.05) is 28.1 Å². The number of thiazole rings is 1.